The van der Waals surface area contributed by atoms with Crippen LogP contribution in [-0.2, 0) is 10.0 Å². The normalized spacial score (nSPS) is 19.6. The maximum absolute atomic E-state index is 11.8. The second kappa shape index (κ2) is 5.71. The molecule has 1 aliphatic heterocycles. The van der Waals surface area contributed by atoms with Crippen LogP contribution in [0.3, 0.4) is 0 Å². The van der Waals surface area contributed by atoms with Crippen molar-refractivity contribution in [2.45, 2.75) is 19.4 Å². The molecule has 1 N–H and O–H groups in total. The zero-order valence-corrected chi connectivity index (χ0v) is 11.9. The Bertz CT molecular complexity index is 542. The van der Waals surface area contributed by atoms with Gasteiger partial charge in [-0.1, -0.05) is 18.2 Å². The second-order valence-corrected chi connectivity index (χ2v) is 6.71. The minimum Gasteiger partial charge on any atom is -0.355 e. The van der Waals surface area contributed by atoms with Crippen molar-refractivity contribution in [3.05, 3.63) is 36.5 Å². The maximum atomic E-state index is 11.8. The lowest BCUT2D eigenvalue weighted by Crippen LogP contribution is -2.38. The van der Waals surface area contributed by atoms with E-state index in [9.17, 15) is 8.42 Å². The number of nitrogens with zero attached hydrogens (tertiary/aromatic N) is 2. The molecule has 1 unspecified atom stereocenters. The molecule has 1 atom stereocenters. The lowest BCUT2D eigenvalue weighted by atomic mass is 10.3. The summed E-state index contributed by atoms with van der Waals surface area (Å²) in [6, 6.07) is 5.68. The minimum absolute atomic E-state index is 0.00686. The Hall–Kier alpha value is -1.40. The Morgan fingerprint density at radius 3 is 3.00 bits per heavy atom. The zero-order valence-electron chi connectivity index (χ0n) is 11.0. The number of sulfonamides is 1. The largest absolute Gasteiger partial charge is 0.355 e. The highest BCUT2D eigenvalue weighted by molar-refractivity contribution is 7.89. The van der Waals surface area contributed by atoms with E-state index in [1.54, 1.807) is 13.1 Å². The molecular weight excluding hydrogens is 262 g/mol. The van der Waals surface area contributed by atoms with Crippen LogP contribution >= 0.6 is 0 Å². The van der Waals surface area contributed by atoms with Crippen molar-refractivity contribution >= 4 is 15.8 Å². The molecule has 0 saturated carbocycles. The van der Waals surface area contributed by atoms with E-state index in [0.717, 1.165) is 18.8 Å². The molecule has 1 saturated heterocycles. The van der Waals surface area contributed by atoms with E-state index in [-0.39, 0.29) is 11.8 Å². The summed E-state index contributed by atoms with van der Waals surface area (Å²) in [7, 11) is -3.27. The highest BCUT2D eigenvalue weighted by Gasteiger charge is 2.26. The van der Waals surface area contributed by atoms with Gasteiger partial charge in [-0.05, 0) is 25.5 Å². The molecule has 1 aliphatic rings. The summed E-state index contributed by atoms with van der Waals surface area (Å²) >= 11 is 0. The third-order valence-electron chi connectivity index (χ3n) is 2.94. The van der Waals surface area contributed by atoms with Gasteiger partial charge in [0.2, 0.25) is 10.0 Å². The molecule has 2 heterocycles. The summed E-state index contributed by atoms with van der Waals surface area (Å²) in [5.41, 5.74) is 0.645. The van der Waals surface area contributed by atoms with E-state index < -0.39 is 10.0 Å². The molecule has 0 aromatic carbocycles. The predicted octanol–water partition coefficient (Wildman–Crippen LogP) is 1.16. The van der Waals surface area contributed by atoms with E-state index in [2.05, 4.69) is 21.2 Å². The van der Waals surface area contributed by atoms with E-state index >= 15 is 0 Å². The van der Waals surface area contributed by atoms with Gasteiger partial charge in [-0.25, -0.2) is 18.1 Å². The molecular formula is C13H19N3O2S. The van der Waals surface area contributed by atoms with Crippen molar-refractivity contribution in [1.29, 1.82) is 0 Å². The first-order valence-corrected chi connectivity index (χ1v) is 7.92. The van der Waals surface area contributed by atoms with Crippen LogP contribution < -0.4 is 9.62 Å². The van der Waals surface area contributed by atoms with E-state index in [1.165, 1.54) is 0 Å². The molecule has 1 aromatic heterocycles. The van der Waals surface area contributed by atoms with Gasteiger partial charge in [0.25, 0.3) is 0 Å². The molecule has 5 nitrogen and oxygen atoms in total. The van der Waals surface area contributed by atoms with Gasteiger partial charge in [0.1, 0.15) is 5.82 Å². The fourth-order valence-corrected chi connectivity index (χ4v) is 3.66. The van der Waals surface area contributed by atoms with Crippen LogP contribution in [0, 0.1) is 0 Å². The Balaban J connectivity index is 1.94. The maximum Gasteiger partial charge on any atom is 0.215 e. The molecule has 0 bridgehead atoms. The highest BCUT2D eigenvalue weighted by atomic mass is 32.2. The third-order valence-corrected chi connectivity index (χ3v) is 4.51. The average molecular weight is 281 g/mol. The summed E-state index contributed by atoms with van der Waals surface area (Å²) in [6.45, 7) is 6.83. The van der Waals surface area contributed by atoms with E-state index in [0.29, 0.717) is 12.1 Å². The smallest absolute Gasteiger partial charge is 0.215 e. The van der Waals surface area contributed by atoms with Crippen molar-refractivity contribution in [2.75, 3.05) is 23.7 Å². The quantitative estimate of drug-likeness (QED) is 0.823. The first kappa shape index (κ1) is 14.0. The summed E-state index contributed by atoms with van der Waals surface area (Å²) in [5, 5.41) is 0. The fraction of sp³-hybridized carbons (Fsp3) is 0.462. The lowest BCUT2D eigenvalue weighted by Gasteiger charge is -2.17. The molecule has 6 heteroatoms. The standard InChI is InChI=1S/C13H19N3O2S/c1-11(2)10-19(17,18)15-12-6-8-16(9-12)13-5-3-4-7-14-13/h3-5,7,12,15H,1,6,8-10H2,2H3. The van der Waals surface area contributed by atoms with Crippen LogP contribution in [0.5, 0.6) is 0 Å². The molecule has 0 spiro atoms. The minimum atomic E-state index is -3.27. The number of pyridine rings is 1. The third kappa shape index (κ3) is 4.04. The summed E-state index contributed by atoms with van der Waals surface area (Å²) in [6.07, 6.45) is 2.54. The molecule has 0 amide bonds. The highest BCUT2D eigenvalue weighted by Crippen LogP contribution is 2.17. The van der Waals surface area contributed by atoms with Crippen molar-refractivity contribution in [3.63, 3.8) is 0 Å². The van der Waals surface area contributed by atoms with Crippen LogP contribution in [0.2, 0.25) is 0 Å². The van der Waals surface area contributed by atoms with Crippen LogP contribution in [0.25, 0.3) is 0 Å². The first-order valence-electron chi connectivity index (χ1n) is 6.26. The van der Waals surface area contributed by atoms with Gasteiger partial charge in [-0.3, -0.25) is 0 Å². The number of hydrogen-bond donors (Lipinski definition) is 1. The van der Waals surface area contributed by atoms with Crippen molar-refractivity contribution in [2.24, 2.45) is 0 Å². The average Bonchev–Trinajstić information content (AvgIpc) is 2.76. The molecule has 104 valence electrons. The molecule has 0 radical (unpaired) electrons. The van der Waals surface area contributed by atoms with Crippen LogP contribution in [0.15, 0.2) is 36.5 Å². The van der Waals surface area contributed by atoms with Gasteiger partial charge in [0, 0.05) is 25.3 Å². The van der Waals surface area contributed by atoms with Crippen LogP contribution in [0.1, 0.15) is 13.3 Å². The summed E-state index contributed by atoms with van der Waals surface area (Å²) < 4.78 is 26.4. The number of rotatable bonds is 5. The first-order chi connectivity index (χ1) is 8.96. The number of hydrogen-bond acceptors (Lipinski definition) is 4. The van der Waals surface area contributed by atoms with E-state index in [1.807, 2.05) is 18.2 Å². The Kier molecular flexibility index (Phi) is 4.21. The number of nitrogens with one attached hydrogen (secondary N) is 1. The SMILES string of the molecule is C=C(C)CS(=O)(=O)NC1CCN(c2ccccn2)C1. The predicted molar refractivity (Wildman–Crippen MR) is 76.6 cm³/mol. The van der Waals surface area contributed by atoms with Crippen LogP contribution in [-0.4, -0.2) is 38.3 Å². The fourth-order valence-electron chi connectivity index (χ4n) is 2.23. The molecule has 1 fully saturated rings. The zero-order chi connectivity index (χ0) is 13.9. The second-order valence-electron chi connectivity index (χ2n) is 4.95. The summed E-state index contributed by atoms with van der Waals surface area (Å²) in [4.78, 5) is 6.37. The molecule has 1 aromatic rings. The Labute approximate surface area is 114 Å². The number of aromatic nitrogens is 1. The summed E-state index contributed by atoms with van der Waals surface area (Å²) in [5.74, 6) is 0.886. The topological polar surface area (TPSA) is 62.3 Å². The van der Waals surface area contributed by atoms with Gasteiger partial charge in [0.15, 0.2) is 0 Å². The molecule has 2 rings (SSSR count). The number of anilines is 1. The lowest BCUT2D eigenvalue weighted by molar-refractivity contribution is 0.563. The van der Waals surface area contributed by atoms with Gasteiger partial charge in [-0.15, -0.1) is 0 Å². The molecule has 0 aliphatic carbocycles. The van der Waals surface area contributed by atoms with Crippen LogP contribution in [0.4, 0.5) is 5.82 Å². The monoisotopic (exact) mass is 281 g/mol. The van der Waals surface area contributed by atoms with Gasteiger partial charge in [0.05, 0.1) is 5.75 Å². The van der Waals surface area contributed by atoms with E-state index in [4.69, 9.17) is 0 Å². The van der Waals surface area contributed by atoms with Gasteiger partial charge < -0.3 is 4.90 Å². The van der Waals surface area contributed by atoms with Crippen molar-refractivity contribution < 1.29 is 8.42 Å². The van der Waals surface area contributed by atoms with Gasteiger partial charge >= 0.3 is 0 Å². The molecule has 19 heavy (non-hydrogen) atoms. The van der Waals surface area contributed by atoms with Gasteiger partial charge in [-0.2, -0.15) is 0 Å². The Morgan fingerprint density at radius 2 is 2.37 bits per heavy atom. The Morgan fingerprint density at radius 1 is 1.58 bits per heavy atom. The van der Waals surface area contributed by atoms with Crippen molar-refractivity contribution in [3.8, 4) is 0 Å². The van der Waals surface area contributed by atoms with Crippen molar-refractivity contribution in [1.82, 2.24) is 9.71 Å².